The number of carbonyl (C=O) groups excluding carboxylic acids is 1. The standard InChI is InChI=1S/C15H18N2O2S/c1-3-11(2)16-15(18)13-10-20-14(17-13)9-19-12-7-5-4-6-8-12/h4-8,10-11H,3,9H2,1-2H3,(H,16,18)/t11-/m0/s1. The van der Waals surface area contributed by atoms with E-state index < -0.39 is 0 Å². The summed E-state index contributed by atoms with van der Waals surface area (Å²) in [7, 11) is 0. The fourth-order valence-electron chi connectivity index (χ4n) is 1.54. The number of carbonyl (C=O) groups is 1. The van der Waals surface area contributed by atoms with Crippen LogP contribution >= 0.6 is 11.3 Å². The molecule has 0 aliphatic heterocycles. The van der Waals surface area contributed by atoms with E-state index in [1.54, 1.807) is 5.38 Å². The van der Waals surface area contributed by atoms with Crippen LogP contribution in [0, 0.1) is 0 Å². The van der Waals surface area contributed by atoms with Gasteiger partial charge in [0, 0.05) is 11.4 Å². The van der Waals surface area contributed by atoms with Crippen molar-refractivity contribution in [3.05, 3.63) is 46.4 Å². The Morgan fingerprint density at radius 2 is 2.15 bits per heavy atom. The summed E-state index contributed by atoms with van der Waals surface area (Å²) in [6.07, 6.45) is 0.903. The van der Waals surface area contributed by atoms with Crippen LogP contribution < -0.4 is 10.1 Å². The molecule has 0 spiro atoms. The zero-order valence-corrected chi connectivity index (χ0v) is 12.4. The first-order valence-corrected chi connectivity index (χ1v) is 7.50. The van der Waals surface area contributed by atoms with Crippen molar-refractivity contribution < 1.29 is 9.53 Å². The highest BCUT2D eigenvalue weighted by Crippen LogP contribution is 2.15. The first kappa shape index (κ1) is 14.5. The second kappa shape index (κ2) is 7.05. The Morgan fingerprint density at radius 3 is 2.85 bits per heavy atom. The van der Waals surface area contributed by atoms with Gasteiger partial charge in [-0.15, -0.1) is 11.3 Å². The van der Waals surface area contributed by atoms with Crippen molar-refractivity contribution in [2.75, 3.05) is 0 Å². The average Bonchev–Trinajstić information content (AvgIpc) is 2.95. The maximum absolute atomic E-state index is 11.9. The van der Waals surface area contributed by atoms with Crippen LogP contribution in [0.2, 0.25) is 0 Å². The van der Waals surface area contributed by atoms with Crippen LogP contribution in [0.5, 0.6) is 5.75 Å². The number of ether oxygens (including phenoxy) is 1. The number of aromatic nitrogens is 1. The van der Waals surface area contributed by atoms with E-state index >= 15 is 0 Å². The second-order valence-corrected chi connectivity index (χ2v) is 5.45. The van der Waals surface area contributed by atoms with E-state index in [1.165, 1.54) is 11.3 Å². The number of para-hydroxylation sites is 1. The van der Waals surface area contributed by atoms with E-state index in [2.05, 4.69) is 10.3 Å². The number of nitrogens with one attached hydrogen (secondary N) is 1. The normalized spacial score (nSPS) is 11.9. The number of amides is 1. The molecule has 0 aliphatic carbocycles. The third-order valence-electron chi connectivity index (χ3n) is 2.88. The number of nitrogens with zero attached hydrogens (tertiary/aromatic N) is 1. The molecule has 4 nitrogen and oxygen atoms in total. The molecule has 0 saturated heterocycles. The Balaban J connectivity index is 1.90. The number of benzene rings is 1. The molecular formula is C15H18N2O2S. The van der Waals surface area contributed by atoms with Gasteiger partial charge in [-0.1, -0.05) is 25.1 Å². The quantitative estimate of drug-likeness (QED) is 0.888. The van der Waals surface area contributed by atoms with Gasteiger partial charge in [-0.05, 0) is 25.5 Å². The van der Waals surface area contributed by atoms with Crippen molar-refractivity contribution >= 4 is 17.2 Å². The smallest absolute Gasteiger partial charge is 0.270 e. The SMILES string of the molecule is CC[C@H](C)NC(=O)c1csc(COc2ccccc2)n1. The number of thiazole rings is 1. The van der Waals surface area contributed by atoms with Gasteiger partial charge in [-0.25, -0.2) is 4.98 Å². The number of hydrogen-bond acceptors (Lipinski definition) is 4. The van der Waals surface area contributed by atoms with Crippen molar-refractivity contribution in [3.63, 3.8) is 0 Å². The third-order valence-corrected chi connectivity index (χ3v) is 3.70. The van der Waals surface area contributed by atoms with Gasteiger partial charge in [0.2, 0.25) is 0 Å². The Hall–Kier alpha value is -1.88. The molecule has 1 aromatic heterocycles. The molecule has 0 radical (unpaired) electrons. The molecule has 0 bridgehead atoms. The molecule has 1 amide bonds. The summed E-state index contributed by atoms with van der Waals surface area (Å²) in [4.78, 5) is 16.2. The molecule has 1 aromatic carbocycles. The first-order chi connectivity index (χ1) is 9.69. The fourth-order valence-corrected chi connectivity index (χ4v) is 2.23. The summed E-state index contributed by atoms with van der Waals surface area (Å²) >= 11 is 1.43. The molecule has 0 unspecified atom stereocenters. The summed E-state index contributed by atoms with van der Waals surface area (Å²) in [5.41, 5.74) is 0.460. The van der Waals surface area contributed by atoms with Crippen LogP contribution in [0.1, 0.15) is 35.8 Å². The lowest BCUT2D eigenvalue weighted by Gasteiger charge is -2.09. The molecule has 106 valence electrons. The molecule has 1 heterocycles. The van der Waals surface area contributed by atoms with E-state index in [4.69, 9.17) is 4.74 Å². The van der Waals surface area contributed by atoms with E-state index in [-0.39, 0.29) is 11.9 Å². The lowest BCUT2D eigenvalue weighted by atomic mass is 10.2. The summed E-state index contributed by atoms with van der Waals surface area (Å²) in [5.74, 6) is 0.676. The van der Waals surface area contributed by atoms with Gasteiger partial charge in [0.25, 0.3) is 5.91 Å². The van der Waals surface area contributed by atoms with E-state index in [1.807, 2.05) is 44.2 Å². The predicted octanol–water partition coefficient (Wildman–Crippen LogP) is 3.25. The van der Waals surface area contributed by atoms with Crippen LogP contribution in [0.25, 0.3) is 0 Å². The molecule has 2 aromatic rings. The molecule has 0 saturated carbocycles. The van der Waals surface area contributed by atoms with E-state index in [0.29, 0.717) is 12.3 Å². The summed E-state index contributed by atoms with van der Waals surface area (Å²) in [5, 5.41) is 5.46. The van der Waals surface area contributed by atoms with Gasteiger partial charge in [-0.3, -0.25) is 4.79 Å². The van der Waals surface area contributed by atoms with E-state index in [0.717, 1.165) is 17.2 Å². The summed E-state index contributed by atoms with van der Waals surface area (Å²) in [6, 6.07) is 9.72. The largest absolute Gasteiger partial charge is 0.486 e. The van der Waals surface area contributed by atoms with Crippen LogP contribution in [0.4, 0.5) is 0 Å². The lowest BCUT2D eigenvalue weighted by Crippen LogP contribution is -2.32. The van der Waals surface area contributed by atoms with Gasteiger partial charge >= 0.3 is 0 Å². The molecule has 5 heteroatoms. The minimum absolute atomic E-state index is 0.124. The summed E-state index contributed by atoms with van der Waals surface area (Å²) < 4.78 is 5.60. The van der Waals surface area contributed by atoms with Gasteiger partial charge < -0.3 is 10.1 Å². The van der Waals surface area contributed by atoms with Crippen LogP contribution in [-0.2, 0) is 6.61 Å². The number of rotatable bonds is 6. The summed E-state index contributed by atoms with van der Waals surface area (Å²) in [6.45, 7) is 4.39. The first-order valence-electron chi connectivity index (χ1n) is 6.62. The molecule has 20 heavy (non-hydrogen) atoms. The maximum atomic E-state index is 11.9. The Labute approximate surface area is 122 Å². The van der Waals surface area contributed by atoms with Crippen LogP contribution in [-0.4, -0.2) is 16.9 Å². The van der Waals surface area contributed by atoms with Crippen molar-refractivity contribution in [2.24, 2.45) is 0 Å². The maximum Gasteiger partial charge on any atom is 0.270 e. The number of hydrogen-bond donors (Lipinski definition) is 1. The molecule has 0 aliphatic rings. The zero-order valence-electron chi connectivity index (χ0n) is 11.6. The molecule has 1 atom stereocenters. The zero-order chi connectivity index (χ0) is 14.4. The minimum atomic E-state index is -0.124. The monoisotopic (exact) mass is 290 g/mol. The molecule has 2 rings (SSSR count). The van der Waals surface area contributed by atoms with Crippen molar-refractivity contribution in [1.29, 1.82) is 0 Å². The minimum Gasteiger partial charge on any atom is -0.486 e. The van der Waals surface area contributed by atoms with Gasteiger partial charge in [0.05, 0.1) is 0 Å². The van der Waals surface area contributed by atoms with Crippen LogP contribution in [0.15, 0.2) is 35.7 Å². The Bertz CT molecular complexity index is 554. The predicted molar refractivity (Wildman–Crippen MR) is 80.1 cm³/mol. The highest BCUT2D eigenvalue weighted by atomic mass is 32.1. The van der Waals surface area contributed by atoms with E-state index in [9.17, 15) is 4.79 Å². The Morgan fingerprint density at radius 1 is 1.40 bits per heavy atom. The van der Waals surface area contributed by atoms with Gasteiger partial charge in [-0.2, -0.15) is 0 Å². The lowest BCUT2D eigenvalue weighted by molar-refractivity contribution is 0.0934. The fraction of sp³-hybridized carbons (Fsp3) is 0.333. The van der Waals surface area contributed by atoms with Crippen LogP contribution in [0.3, 0.4) is 0 Å². The van der Waals surface area contributed by atoms with Crippen molar-refractivity contribution in [3.8, 4) is 5.75 Å². The van der Waals surface area contributed by atoms with Gasteiger partial charge in [0.1, 0.15) is 23.1 Å². The highest BCUT2D eigenvalue weighted by Gasteiger charge is 2.12. The van der Waals surface area contributed by atoms with Crippen molar-refractivity contribution in [2.45, 2.75) is 32.9 Å². The second-order valence-electron chi connectivity index (χ2n) is 4.51. The Kier molecular flexibility index (Phi) is 5.12. The topological polar surface area (TPSA) is 51.2 Å². The molecule has 0 fully saturated rings. The molecular weight excluding hydrogens is 272 g/mol. The average molecular weight is 290 g/mol. The molecule has 1 N–H and O–H groups in total. The third kappa shape index (κ3) is 4.06. The van der Waals surface area contributed by atoms with Crippen molar-refractivity contribution in [1.82, 2.24) is 10.3 Å². The highest BCUT2D eigenvalue weighted by molar-refractivity contribution is 7.09. The van der Waals surface area contributed by atoms with Gasteiger partial charge in [0.15, 0.2) is 0 Å².